The molecule has 1 rings (SSSR count). The number of hydrogen-bond donors (Lipinski definition) is 2. The van der Waals surface area contributed by atoms with Crippen molar-refractivity contribution in [2.75, 3.05) is 19.7 Å². The molecule has 0 bridgehead atoms. The number of aliphatic hydroxyl groups is 1. The van der Waals surface area contributed by atoms with Crippen molar-refractivity contribution in [3.8, 4) is 0 Å². The quantitative estimate of drug-likeness (QED) is 0.726. The number of aliphatic hydroxyl groups excluding tert-OH is 1. The largest absolute Gasteiger partial charge is 0.396 e. The van der Waals surface area contributed by atoms with Crippen LogP contribution in [0.15, 0.2) is 24.3 Å². The monoisotopic (exact) mass is 223 g/mol. The third kappa shape index (κ3) is 7.43. The second kappa shape index (κ2) is 10.7. The van der Waals surface area contributed by atoms with Crippen LogP contribution >= 0.6 is 0 Å². The van der Waals surface area contributed by atoms with Crippen molar-refractivity contribution in [3.63, 3.8) is 0 Å². The Morgan fingerprint density at radius 1 is 1.06 bits per heavy atom. The molecule has 0 amide bonds. The van der Waals surface area contributed by atoms with Gasteiger partial charge in [0.15, 0.2) is 0 Å². The molecule has 92 valence electrons. The van der Waals surface area contributed by atoms with Gasteiger partial charge in [0, 0.05) is 6.61 Å². The Balaban J connectivity index is 0.00000106. The van der Waals surface area contributed by atoms with Crippen molar-refractivity contribution in [2.45, 2.75) is 33.6 Å². The summed E-state index contributed by atoms with van der Waals surface area (Å²) in [4.78, 5) is 0. The average Bonchev–Trinajstić information content (AvgIpc) is 2.34. The van der Waals surface area contributed by atoms with E-state index in [-0.39, 0.29) is 6.61 Å². The van der Waals surface area contributed by atoms with Crippen molar-refractivity contribution < 1.29 is 5.11 Å². The maximum Gasteiger partial charge on any atom is 0.0443 e. The van der Waals surface area contributed by atoms with Crippen LogP contribution in [0.1, 0.15) is 31.4 Å². The summed E-state index contributed by atoms with van der Waals surface area (Å²) in [6.45, 7) is 8.27. The van der Waals surface area contributed by atoms with Crippen LogP contribution in [0, 0.1) is 6.92 Å². The SMILES string of the molecule is CC.Cc1ccc(CCNCCCO)cc1. The van der Waals surface area contributed by atoms with Gasteiger partial charge in [-0.25, -0.2) is 0 Å². The van der Waals surface area contributed by atoms with Crippen LogP contribution in [0.5, 0.6) is 0 Å². The third-order valence-corrected chi connectivity index (χ3v) is 2.22. The summed E-state index contributed by atoms with van der Waals surface area (Å²) in [6, 6.07) is 8.62. The van der Waals surface area contributed by atoms with Crippen molar-refractivity contribution >= 4 is 0 Å². The van der Waals surface area contributed by atoms with Gasteiger partial charge in [-0.05, 0) is 38.4 Å². The zero-order chi connectivity index (χ0) is 12.2. The molecule has 0 aromatic heterocycles. The third-order valence-electron chi connectivity index (χ3n) is 2.22. The summed E-state index contributed by atoms with van der Waals surface area (Å²) in [5.41, 5.74) is 2.68. The van der Waals surface area contributed by atoms with Crippen LogP contribution in [0.2, 0.25) is 0 Å². The fourth-order valence-corrected chi connectivity index (χ4v) is 1.32. The van der Waals surface area contributed by atoms with Gasteiger partial charge in [0.1, 0.15) is 0 Å². The van der Waals surface area contributed by atoms with Crippen molar-refractivity contribution in [1.29, 1.82) is 0 Å². The van der Waals surface area contributed by atoms with Crippen LogP contribution in [-0.2, 0) is 6.42 Å². The van der Waals surface area contributed by atoms with Gasteiger partial charge in [0.2, 0.25) is 0 Å². The lowest BCUT2D eigenvalue weighted by Crippen LogP contribution is -2.19. The molecule has 0 saturated heterocycles. The van der Waals surface area contributed by atoms with Crippen LogP contribution in [0.4, 0.5) is 0 Å². The Labute approximate surface area is 99.7 Å². The molecule has 0 radical (unpaired) electrons. The molecule has 0 saturated carbocycles. The first-order chi connectivity index (χ1) is 7.83. The first-order valence-corrected chi connectivity index (χ1v) is 6.20. The summed E-state index contributed by atoms with van der Waals surface area (Å²) < 4.78 is 0. The fraction of sp³-hybridized carbons (Fsp3) is 0.571. The van der Waals surface area contributed by atoms with E-state index in [1.54, 1.807) is 0 Å². The lowest BCUT2D eigenvalue weighted by molar-refractivity contribution is 0.286. The Morgan fingerprint density at radius 3 is 2.25 bits per heavy atom. The summed E-state index contributed by atoms with van der Waals surface area (Å²) in [5.74, 6) is 0. The van der Waals surface area contributed by atoms with E-state index < -0.39 is 0 Å². The number of rotatable bonds is 6. The van der Waals surface area contributed by atoms with Gasteiger partial charge in [-0.3, -0.25) is 0 Å². The molecule has 0 aliphatic rings. The zero-order valence-corrected chi connectivity index (χ0v) is 10.8. The highest BCUT2D eigenvalue weighted by molar-refractivity contribution is 5.21. The number of nitrogens with one attached hydrogen (secondary N) is 1. The standard InChI is InChI=1S/C12H19NO.C2H6/c1-11-3-5-12(6-4-11)7-9-13-8-2-10-14;1-2/h3-6,13-14H,2,7-10H2,1H3;1-2H3. The second-order valence-electron chi connectivity index (χ2n) is 3.56. The van der Waals surface area contributed by atoms with Gasteiger partial charge in [0.05, 0.1) is 0 Å². The van der Waals surface area contributed by atoms with E-state index in [9.17, 15) is 0 Å². The van der Waals surface area contributed by atoms with E-state index in [0.717, 1.165) is 25.9 Å². The van der Waals surface area contributed by atoms with E-state index in [4.69, 9.17) is 5.11 Å². The lowest BCUT2D eigenvalue weighted by atomic mass is 10.1. The molecule has 0 aliphatic carbocycles. The van der Waals surface area contributed by atoms with Gasteiger partial charge in [-0.15, -0.1) is 0 Å². The smallest absolute Gasteiger partial charge is 0.0443 e. The predicted molar refractivity (Wildman–Crippen MR) is 70.8 cm³/mol. The molecular formula is C14H25NO. The number of aryl methyl sites for hydroxylation is 1. The molecule has 0 fully saturated rings. The van der Waals surface area contributed by atoms with Gasteiger partial charge in [-0.2, -0.15) is 0 Å². The molecular weight excluding hydrogens is 198 g/mol. The summed E-state index contributed by atoms with van der Waals surface area (Å²) >= 11 is 0. The van der Waals surface area contributed by atoms with Gasteiger partial charge < -0.3 is 10.4 Å². The molecule has 0 atom stereocenters. The molecule has 2 N–H and O–H groups in total. The van der Waals surface area contributed by atoms with Crippen molar-refractivity contribution in [3.05, 3.63) is 35.4 Å². The minimum absolute atomic E-state index is 0.275. The Morgan fingerprint density at radius 2 is 1.69 bits per heavy atom. The van der Waals surface area contributed by atoms with Gasteiger partial charge in [0.25, 0.3) is 0 Å². The van der Waals surface area contributed by atoms with E-state index >= 15 is 0 Å². The number of hydrogen-bond acceptors (Lipinski definition) is 2. The maximum atomic E-state index is 8.57. The van der Waals surface area contributed by atoms with Crippen LogP contribution in [0.25, 0.3) is 0 Å². The maximum absolute atomic E-state index is 8.57. The topological polar surface area (TPSA) is 32.3 Å². The van der Waals surface area contributed by atoms with E-state index in [0.29, 0.717) is 0 Å². The first kappa shape index (κ1) is 15.1. The number of benzene rings is 1. The molecule has 2 nitrogen and oxygen atoms in total. The Bertz CT molecular complexity index is 243. The Hall–Kier alpha value is -0.860. The van der Waals surface area contributed by atoms with Crippen LogP contribution in [0.3, 0.4) is 0 Å². The molecule has 0 spiro atoms. The predicted octanol–water partition coefficient (Wildman–Crippen LogP) is 2.54. The van der Waals surface area contributed by atoms with E-state index in [1.807, 2.05) is 13.8 Å². The molecule has 16 heavy (non-hydrogen) atoms. The minimum Gasteiger partial charge on any atom is -0.396 e. The zero-order valence-electron chi connectivity index (χ0n) is 10.8. The highest BCUT2D eigenvalue weighted by Crippen LogP contribution is 2.02. The second-order valence-corrected chi connectivity index (χ2v) is 3.56. The van der Waals surface area contributed by atoms with E-state index in [2.05, 4.69) is 36.5 Å². The van der Waals surface area contributed by atoms with Gasteiger partial charge >= 0.3 is 0 Å². The van der Waals surface area contributed by atoms with Gasteiger partial charge in [-0.1, -0.05) is 43.7 Å². The first-order valence-electron chi connectivity index (χ1n) is 6.20. The van der Waals surface area contributed by atoms with Crippen molar-refractivity contribution in [1.82, 2.24) is 5.32 Å². The molecule has 0 heterocycles. The molecule has 0 aliphatic heterocycles. The average molecular weight is 223 g/mol. The fourth-order valence-electron chi connectivity index (χ4n) is 1.32. The normalized spacial score (nSPS) is 9.50. The van der Waals surface area contributed by atoms with Crippen LogP contribution in [-0.4, -0.2) is 24.8 Å². The van der Waals surface area contributed by atoms with Crippen LogP contribution < -0.4 is 5.32 Å². The summed E-state index contributed by atoms with van der Waals surface area (Å²) in [7, 11) is 0. The Kier molecular flexibility index (Phi) is 10.1. The lowest BCUT2D eigenvalue weighted by Gasteiger charge is -2.03. The summed E-state index contributed by atoms with van der Waals surface area (Å²) in [5, 5.41) is 11.9. The minimum atomic E-state index is 0.275. The van der Waals surface area contributed by atoms with Crippen molar-refractivity contribution in [2.24, 2.45) is 0 Å². The van der Waals surface area contributed by atoms with E-state index in [1.165, 1.54) is 11.1 Å². The molecule has 1 aromatic carbocycles. The summed E-state index contributed by atoms with van der Waals surface area (Å²) in [6.07, 6.45) is 1.90. The highest BCUT2D eigenvalue weighted by Gasteiger charge is 1.92. The molecule has 1 aromatic rings. The molecule has 2 heteroatoms. The highest BCUT2D eigenvalue weighted by atomic mass is 16.3. The molecule has 0 unspecified atom stereocenters.